The third kappa shape index (κ3) is 4.94. The number of carboxylic acid groups (broad SMARTS) is 1. The van der Waals surface area contributed by atoms with Crippen LogP contribution < -0.4 is 5.32 Å². The molecule has 6 heteroatoms. The molecule has 0 bridgehead atoms. The number of nitrogens with zero attached hydrogens (tertiary/aromatic N) is 1. The molecule has 2 N–H and O–H groups in total. The van der Waals surface area contributed by atoms with E-state index in [1.807, 2.05) is 36.4 Å². The van der Waals surface area contributed by atoms with Crippen molar-refractivity contribution in [1.29, 1.82) is 0 Å². The molecule has 27 heavy (non-hydrogen) atoms. The molecule has 0 aliphatic carbocycles. The Balaban J connectivity index is 1.78. The van der Waals surface area contributed by atoms with E-state index in [1.54, 1.807) is 17.0 Å². The maximum atomic E-state index is 13.1. The van der Waals surface area contributed by atoms with Crippen molar-refractivity contribution in [2.75, 3.05) is 11.9 Å². The van der Waals surface area contributed by atoms with E-state index in [2.05, 4.69) is 5.32 Å². The third-order valence-electron chi connectivity index (χ3n) is 4.57. The first-order chi connectivity index (χ1) is 13.0. The first-order valence-corrected chi connectivity index (χ1v) is 9.00. The maximum absolute atomic E-state index is 13.1. The minimum absolute atomic E-state index is 0.0130. The van der Waals surface area contributed by atoms with Gasteiger partial charge in [-0.2, -0.15) is 0 Å². The van der Waals surface area contributed by atoms with Gasteiger partial charge in [-0.3, -0.25) is 14.4 Å². The van der Waals surface area contributed by atoms with Crippen molar-refractivity contribution < 1.29 is 19.5 Å². The van der Waals surface area contributed by atoms with Crippen molar-refractivity contribution in [3.63, 3.8) is 0 Å². The molecule has 140 valence electrons. The first-order valence-electron chi connectivity index (χ1n) is 9.00. The highest BCUT2D eigenvalue weighted by Crippen LogP contribution is 2.24. The fraction of sp³-hybridized carbons (Fsp3) is 0.286. The molecule has 3 rings (SSSR count). The Labute approximate surface area is 157 Å². The number of rotatable bonds is 7. The van der Waals surface area contributed by atoms with Crippen molar-refractivity contribution in [1.82, 2.24) is 4.90 Å². The van der Waals surface area contributed by atoms with Crippen LogP contribution in [0.5, 0.6) is 0 Å². The summed E-state index contributed by atoms with van der Waals surface area (Å²) in [5.74, 6) is -1.02. The largest absolute Gasteiger partial charge is 0.481 e. The number of carboxylic acids is 1. The zero-order chi connectivity index (χ0) is 19.2. The standard InChI is InChI=1S/C21H22N2O4/c24-19-11-9-16-13-17(8-10-18(16)22-19)21(27)23(12-4-7-20(25)26)14-15-5-2-1-3-6-15/h1-3,5-6,8,10,13H,4,7,9,11-12,14H2,(H,22,24)(H,25,26). The molecule has 0 saturated carbocycles. The molecule has 0 radical (unpaired) electrons. The first kappa shape index (κ1) is 18.6. The van der Waals surface area contributed by atoms with E-state index in [0.29, 0.717) is 37.9 Å². The SMILES string of the molecule is O=C(O)CCCN(Cc1ccccc1)C(=O)c1ccc2c(c1)CCC(=O)N2. The van der Waals surface area contributed by atoms with Crippen LogP contribution in [-0.2, 0) is 22.6 Å². The van der Waals surface area contributed by atoms with Gasteiger partial charge >= 0.3 is 5.97 Å². The Hall–Kier alpha value is -3.15. The number of hydrogen-bond donors (Lipinski definition) is 2. The van der Waals surface area contributed by atoms with Gasteiger partial charge in [0.25, 0.3) is 5.91 Å². The maximum Gasteiger partial charge on any atom is 0.303 e. The average Bonchev–Trinajstić information content (AvgIpc) is 2.67. The second-order valence-corrected chi connectivity index (χ2v) is 6.63. The van der Waals surface area contributed by atoms with Gasteiger partial charge in [-0.25, -0.2) is 0 Å². The molecule has 1 aliphatic rings. The van der Waals surface area contributed by atoms with Crippen LogP contribution in [0.15, 0.2) is 48.5 Å². The van der Waals surface area contributed by atoms with E-state index in [4.69, 9.17) is 5.11 Å². The number of carbonyl (C=O) groups is 3. The summed E-state index contributed by atoms with van der Waals surface area (Å²) < 4.78 is 0. The van der Waals surface area contributed by atoms with Crippen LogP contribution in [0.25, 0.3) is 0 Å². The van der Waals surface area contributed by atoms with E-state index in [1.165, 1.54) is 0 Å². The lowest BCUT2D eigenvalue weighted by Crippen LogP contribution is -2.32. The molecule has 0 saturated heterocycles. The van der Waals surface area contributed by atoms with Crippen molar-refractivity contribution >= 4 is 23.5 Å². The van der Waals surface area contributed by atoms with Crippen LogP contribution in [0.4, 0.5) is 5.69 Å². The summed E-state index contributed by atoms with van der Waals surface area (Å²) in [6.07, 6.45) is 1.45. The number of nitrogens with one attached hydrogen (secondary N) is 1. The minimum atomic E-state index is -0.869. The van der Waals surface area contributed by atoms with E-state index in [9.17, 15) is 14.4 Å². The Bertz CT molecular complexity index is 849. The predicted octanol–water partition coefficient (Wildman–Crippen LogP) is 3.08. The van der Waals surface area contributed by atoms with Crippen LogP contribution in [-0.4, -0.2) is 34.3 Å². The molecule has 0 aromatic heterocycles. The number of aryl methyl sites for hydroxylation is 1. The second kappa shape index (κ2) is 8.49. The topological polar surface area (TPSA) is 86.7 Å². The highest BCUT2D eigenvalue weighted by molar-refractivity contribution is 5.98. The van der Waals surface area contributed by atoms with Crippen LogP contribution >= 0.6 is 0 Å². The molecular weight excluding hydrogens is 344 g/mol. The monoisotopic (exact) mass is 366 g/mol. The highest BCUT2D eigenvalue weighted by atomic mass is 16.4. The minimum Gasteiger partial charge on any atom is -0.481 e. The lowest BCUT2D eigenvalue weighted by Gasteiger charge is -2.24. The lowest BCUT2D eigenvalue weighted by atomic mass is 9.99. The van der Waals surface area contributed by atoms with Gasteiger partial charge in [0.05, 0.1) is 0 Å². The number of hydrogen-bond acceptors (Lipinski definition) is 3. The predicted molar refractivity (Wildman–Crippen MR) is 101 cm³/mol. The Kier molecular flexibility index (Phi) is 5.86. The molecule has 1 heterocycles. The molecule has 2 amide bonds. The molecule has 0 spiro atoms. The molecule has 0 fully saturated rings. The van der Waals surface area contributed by atoms with Gasteiger partial charge in [-0.1, -0.05) is 30.3 Å². The van der Waals surface area contributed by atoms with Crippen molar-refractivity contribution in [3.05, 3.63) is 65.2 Å². The van der Waals surface area contributed by atoms with Crippen molar-refractivity contribution in [2.24, 2.45) is 0 Å². The number of benzene rings is 2. The van der Waals surface area contributed by atoms with Gasteiger partial charge in [0.2, 0.25) is 5.91 Å². The zero-order valence-corrected chi connectivity index (χ0v) is 15.0. The Morgan fingerprint density at radius 2 is 1.85 bits per heavy atom. The number of anilines is 1. The summed E-state index contributed by atoms with van der Waals surface area (Å²) in [5, 5.41) is 11.7. The van der Waals surface area contributed by atoms with Gasteiger partial charge in [-0.05, 0) is 42.2 Å². The molecule has 2 aromatic rings. The fourth-order valence-electron chi connectivity index (χ4n) is 3.18. The summed E-state index contributed by atoms with van der Waals surface area (Å²) >= 11 is 0. The number of amides is 2. The second-order valence-electron chi connectivity index (χ2n) is 6.63. The van der Waals surface area contributed by atoms with E-state index in [-0.39, 0.29) is 18.2 Å². The van der Waals surface area contributed by atoms with Crippen LogP contribution in [0.2, 0.25) is 0 Å². The summed E-state index contributed by atoms with van der Waals surface area (Å²) in [5.41, 5.74) is 3.25. The molecule has 0 atom stereocenters. The van der Waals surface area contributed by atoms with Gasteiger partial charge in [0.15, 0.2) is 0 Å². The Morgan fingerprint density at radius 1 is 1.07 bits per heavy atom. The fourth-order valence-corrected chi connectivity index (χ4v) is 3.18. The normalized spacial score (nSPS) is 12.8. The van der Waals surface area contributed by atoms with Crippen LogP contribution in [0.1, 0.15) is 40.7 Å². The summed E-state index contributed by atoms with van der Waals surface area (Å²) in [7, 11) is 0. The average molecular weight is 366 g/mol. The van der Waals surface area contributed by atoms with Crippen molar-refractivity contribution in [2.45, 2.75) is 32.2 Å². The molecule has 6 nitrogen and oxygen atoms in total. The van der Waals surface area contributed by atoms with E-state index < -0.39 is 5.97 Å². The van der Waals surface area contributed by atoms with Crippen molar-refractivity contribution in [3.8, 4) is 0 Å². The third-order valence-corrected chi connectivity index (χ3v) is 4.57. The summed E-state index contributed by atoms with van der Waals surface area (Å²) in [6.45, 7) is 0.793. The smallest absolute Gasteiger partial charge is 0.303 e. The van der Waals surface area contributed by atoms with E-state index >= 15 is 0 Å². The molecule has 0 unspecified atom stereocenters. The lowest BCUT2D eigenvalue weighted by molar-refractivity contribution is -0.137. The quantitative estimate of drug-likeness (QED) is 0.788. The van der Waals surface area contributed by atoms with Gasteiger partial charge in [0, 0.05) is 37.2 Å². The van der Waals surface area contributed by atoms with Gasteiger partial charge in [0.1, 0.15) is 0 Å². The van der Waals surface area contributed by atoms with E-state index in [0.717, 1.165) is 16.8 Å². The number of fused-ring (bicyclic) bond motifs is 1. The Morgan fingerprint density at radius 3 is 2.59 bits per heavy atom. The number of carbonyl (C=O) groups excluding carboxylic acids is 2. The molecule has 2 aromatic carbocycles. The highest BCUT2D eigenvalue weighted by Gasteiger charge is 2.20. The van der Waals surface area contributed by atoms with Crippen LogP contribution in [0, 0.1) is 0 Å². The summed E-state index contributed by atoms with van der Waals surface area (Å²) in [4.78, 5) is 37.1. The van der Waals surface area contributed by atoms with Gasteiger partial charge < -0.3 is 15.3 Å². The number of aliphatic carboxylic acids is 1. The molecule has 1 aliphatic heterocycles. The van der Waals surface area contributed by atoms with Crippen LogP contribution in [0.3, 0.4) is 0 Å². The van der Waals surface area contributed by atoms with Gasteiger partial charge in [-0.15, -0.1) is 0 Å². The summed E-state index contributed by atoms with van der Waals surface area (Å²) in [6, 6.07) is 14.9. The molecular formula is C21H22N2O4. The zero-order valence-electron chi connectivity index (χ0n) is 15.0.